The van der Waals surface area contributed by atoms with Gasteiger partial charge in [0.2, 0.25) is 5.91 Å². The Kier molecular flexibility index (Phi) is 9.04. The van der Waals surface area contributed by atoms with Gasteiger partial charge in [-0.25, -0.2) is 4.39 Å². The van der Waals surface area contributed by atoms with Gasteiger partial charge in [0.05, 0.1) is 5.92 Å². The maximum Gasteiger partial charge on any atom is 0.221 e. The van der Waals surface area contributed by atoms with Gasteiger partial charge in [0.25, 0.3) is 0 Å². The first-order valence-electron chi connectivity index (χ1n) is 9.86. The van der Waals surface area contributed by atoms with Gasteiger partial charge >= 0.3 is 0 Å². The molecule has 0 aromatic heterocycles. The Hall–Kier alpha value is -2.15. The van der Waals surface area contributed by atoms with Crippen LogP contribution in [0.5, 0.6) is 0 Å². The first-order chi connectivity index (χ1) is 13.1. The second-order valence-corrected chi connectivity index (χ2v) is 6.96. The van der Waals surface area contributed by atoms with Crippen molar-refractivity contribution in [2.45, 2.75) is 32.6 Å². The summed E-state index contributed by atoms with van der Waals surface area (Å²) in [5.41, 5.74) is 6.52. The molecule has 4 N–H and O–H groups in total. The fourth-order valence-electron chi connectivity index (χ4n) is 3.29. The van der Waals surface area contributed by atoms with Crippen molar-refractivity contribution >= 4 is 11.9 Å². The Morgan fingerprint density at radius 3 is 2.81 bits per heavy atom. The number of aliphatic imine (C=N–C) groups is 1. The van der Waals surface area contributed by atoms with E-state index >= 15 is 0 Å². The number of rotatable bonds is 9. The van der Waals surface area contributed by atoms with E-state index in [9.17, 15) is 9.18 Å². The van der Waals surface area contributed by atoms with Crippen LogP contribution in [-0.2, 0) is 11.2 Å². The molecule has 1 aliphatic rings. The Bertz CT molecular complexity index is 605. The molecule has 1 atom stereocenters. The molecule has 1 unspecified atom stereocenters. The second kappa shape index (κ2) is 11.5. The number of halogens is 1. The van der Waals surface area contributed by atoms with Gasteiger partial charge in [0.15, 0.2) is 5.96 Å². The van der Waals surface area contributed by atoms with Crippen LogP contribution in [0.15, 0.2) is 29.3 Å². The standard InChI is InChI=1S/C20H32FN5O/c1-2-23-20(25-12-10-16-6-8-18(21)9-7-16)24-11-4-14-26-13-3-5-17(15-26)19(22)27/h6-9,17H,2-5,10-15H2,1H3,(H2,22,27)(H2,23,24,25). The summed E-state index contributed by atoms with van der Waals surface area (Å²) in [6.45, 7) is 7.04. The van der Waals surface area contributed by atoms with Gasteiger partial charge in [0, 0.05) is 26.2 Å². The summed E-state index contributed by atoms with van der Waals surface area (Å²) in [7, 11) is 0. The largest absolute Gasteiger partial charge is 0.369 e. The Morgan fingerprint density at radius 1 is 1.33 bits per heavy atom. The molecule has 0 spiro atoms. The first kappa shape index (κ1) is 21.2. The monoisotopic (exact) mass is 377 g/mol. The molecule has 0 saturated carbocycles. The lowest BCUT2D eigenvalue weighted by Crippen LogP contribution is -2.41. The highest BCUT2D eigenvalue weighted by Crippen LogP contribution is 2.15. The van der Waals surface area contributed by atoms with Crippen molar-refractivity contribution in [1.82, 2.24) is 15.5 Å². The zero-order valence-electron chi connectivity index (χ0n) is 16.2. The van der Waals surface area contributed by atoms with Gasteiger partial charge in [-0.2, -0.15) is 0 Å². The molecule has 7 heteroatoms. The summed E-state index contributed by atoms with van der Waals surface area (Å²) < 4.78 is 12.9. The quantitative estimate of drug-likeness (QED) is 0.346. The summed E-state index contributed by atoms with van der Waals surface area (Å²) in [6, 6.07) is 6.58. The van der Waals surface area contributed by atoms with Crippen LogP contribution in [0.25, 0.3) is 0 Å². The second-order valence-electron chi connectivity index (χ2n) is 6.96. The third-order valence-corrected chi connectivity index (χ3v) is 4.77. The number of nitrogens with one attached hydrogen (secondary N) is 2. The number of likely N-dealkylation sites (tertiary alicyclic amines) is 1. The number of primary amides is 1. The molecule has 2 rings (SSSR count). The zero-order chi connectivity index (χ0) is 19.5. The van der Waals surface area contributed by atoms with Crippen molar-refractivity contribution in [3.63, 3.8) is 0 Å². The number of carbonyl (C=O) groups is 1. The third kappa shape index (κ3) is 7.95. The normalized spacial score (nSPS) is 18.3. The van der Waals surface area contributed by atoms with E-state index in [4.69, 9.17) is 5.73 Å². The van der Waals surface area contributed by atoms with Gasteiger partial charge in [-0.1, -0.05) is 12.1 Å². The van der Waals surface area contributed by atoms with Crippen molar-refractivity contribution in [2.75, 3.05) is 39.3 Å². The number of nitrogens with two attached hydrogens (primary N) is 1. The highest BCUT2D eigenvalue weighted by atomic mass is 19.1. The average Bonchev–Trinajstić information content (AvgIpc) is 2.67. The smallest absolute Gasteiger partial charge is 0.221 e. The molecule has 1 heterocycles. The predicted molar refractivity (Wildman–Crippen MR) is 107 cm³/mol. The number of carbonyl (C=O) groups excluding carboxylic acids is 1. The van der Waals surface area contributed by atoms with E-state index in [1.54, 1.807) is 12.1 Å². The molecular formula is C20H32FN5O. The van der Waals surface area contributed by atoms with E-state index in [-0.39, 0.29) is 17.6 Å². The number of nitrogens with zero attached hydrogens (tertiary/aromatic N) is 2. The van der Waals surface area contributed by atoms with E-state index < -0.39 is 0 Å². The highest BCUT2D eigenvalue weighted by Gasteiger charge is 2.23. The van der Waals surface area contributed by atoms with E-state index in [0.717, 1.165) is 76.5 Å². The average molecular weight is 378 g/mol. The van der Waals surface area contributed by atoms with Crippen LogP contribution < -0.4 is 16.4 Å². The fraction of sp³-hybridized carbons (Fsp3) is 0.600. The molecular weight excluding hydrogens is 345 g/mol. The fourth-order valence-corrected chi connectivity index (χ4v) is 3.29. The molecule has 1 aromatic rings. The van der Waals surface area contributed by atoms with E-state index in [1.807, 2.05) is 6.92 Å². The number of benzene rings is 1. The van der Waals surface area contributed by atoms with E-state index in [0.29, 0.717) is 0 Å². The molecule has 1 fully saturated rings. The van der Waals surface area contributed by atoms with Gasteiger partial charge in [-0.3, -0.25) is 9.79 Å². The van der Waals surface area contributed by atoms with Crippen molar-refractivity contribution in [3.05, 3.63) is 35.6 Å². The molecule has 0 aliphatic carbocycles. The Morgan fingerprint density at radius 2 is 2.11 bits per heavy atom. The molecule has 1 amide bonds. The maximum atomic E-state index is 12.9. The Labute approximate surface area is 161 Å². The number of hydrogen-bond acceptors (Lipinski definition) is 3. The molecule has 27 heavy (non-hydrogen) atoms. The zero-order valence-corrected chi connectivity index (χ0v) is 16.2. The molecule has 1 saturated heterocycles. The first-order valence-corrected chi connectivity index (χ1v) is 9.86. The van der Waals surface area contributed by atoms with Gasteiger partial charge < -0.3 is 21.3 Å². The molecule has 1 aromatic carbocycles. The minimum Gasteiger partial charge on any atom is -0.369 e. The van der Waals surface area contributed by atoms with Crippen LogP contribution in [0.2, 0.25) is 0 Å². The van der Waals surface area contributed by atoms with Gasteiger partial charge in [-0.15, -0.1) is 0 Å². The van der Waals surface area contributed by atoms with Crippen LogP contribution in [0.3, 0.4) is 0 Å². The Balaban J connectivity index is 1.69. The lowest BCUT2D eigenvalue weighted by atomic mass is 9.97. The van der Waals surface area contributed by atoms with E-state index in [2.05, 4.69) is 20.5 Å². The predicted octanol–water partition coefficient (Wildman–Crippen LogP) is 1.51. The van der Waals surface area contributed by atoms with Crippen LogP contribution in [-0.4, -0.2) is 56.0 Å². The van der Waals surface area contributed by atoms with Crippen molar-refractivity contribution in [2.24, 2.45) is 16.6 Å². The highest BCUT2D eigenvalue weighted by molar-refractivity contribution is 5.79. The summed E-state index contributed by atoms with van der Waals surface area (Å²) in [4.78, 5) is 18.3. The minimum atomic E-state index is -0.211. The van der Waals surface area contributed by atoms with E-state index in [1.165, 1.54) is 12.1 Å². The SMILES string of the molecule is CCNC(=NCCCN1CCCC(C(N)=O)C1)NCCc1ccc(F)cc1. The summed E-state index contributed by atoms with van der Waals surface area (Å²) >= 11 is 0. The number of guanidine groups is 1. The number of amides is 1. The van der Waals surface area contributed by atoms with Crippen molar-refractivity contribution in [3.8, 4) is 0 Å². The van der Waals surface area contributed by atoms with Crippen LogP contribution in [0, 0.1) is 11.7 Å². The van der Waals surface area contributed by atoms with Crippen LogP contribution in [0.1, 0.15) is 31.7 Å². The molecule has 0 bridgehead atoms. The molecule has 0 radical (unpaired) electrons. The van der Waals surface area contributed by atoms with Crippen molar-refractivity contribution < 1.29 is 9.18 Å². The summed E-state index contributed by atoms with van der Waals surface area (Å²) in [5, 5.41) is 6.56. The number of hydrogen-bond donors (Lipinski definition) is 3. The lowest BCUT2D eigenvalue weighted by Gasteiger charge is -2.30. The van der Waals surface area contributed by atoms with Gasteiger partial charge in [0.1, 0.15) is 5.82 Å². The topological polar surface area (TPSA) is 82.8 Å². The number of piperidine rings is 1. The summed E-state index contributed by atoms with van der Waals surface area (Å²) in [5.74, 6) is 0.399. The van der Waals surface area contributed by atoms with Crippen LogP contribution >= 0.6 is 0 Å². The van der Waals surface area contributed by atoms with Gasteiger partial charge in [-0.05, 0) is 63.4 Å². The van der Waals surface area contributed by atoms with Crippen molar-refractivity contribution in [1.29, 1.82) is 0 Å². The summed E-state index contributed by atoms with van der Waals surface area (Å²) in [6.07, 6.45) is 3.70. The maximum absolute atomic E-state index is 12.9. The lowest BCUT2D eigenvalue weighted by molar-refractivity contribution is -0.123. The molecule has 150 valence electrons. The van der Waals surface area contributed by atoms with Crippen LogP contribution in [0.4, 0.5) is 4.39 Å². The molecule has 6 nitrogen and oxygen atoms in total. The minimum absolute atomic E-state index is 0.00676. The molecule has 1 aliphatic heterocycles. The third-order valence-electron chi connectivity index (χ3n) is 4.77.